The molecule has 0 aliphatic carbocycles. The minimum Gasteiger partial charge on any atom is -0.265 e. The Morgan fingerprint density at radius 1 is 0.395 bits per heavy atom. The van der Waals surface area contributed by atoms with Crippen LogP contribution in [0.25, 0.3) is 67.0 Å². The molecular formula is C33H21N5. The number of aromatic nitrogens is 5. The molecule has 7 aromatic rings. The van der Waals surface area contributed by atoms with Crippen molar-refractivity contribution in [3.63, 3.8) is 0 Å². The molecule has 3 aromatic heterocycles. The van der Waals surface area contributed by atoms with Crippen molar-refractivity contribution < 1.29 is 0 Å². The molecule has 0 radical (unpaired) electrons. The van der Waals surface area contributed by atoms with Gasteiger partial charge in [-0.25, -0.2) is 15.0 Å². The van der Waals surface area contributed by atoms with Crippen LogP contribution in [0.15, 0.2) is 128 Å². The van der Waals surface area contributed by atoms with E-state index in [1.807, 2.05) is 54.7 Å². The van der Waals surface area contributed by atoms with Crippen molar-refractivity contribution in [1.82, 2.24) is 24.9 Å². The Labute approximate surface area is 219 Å². The van der Waals surface area contributed by atoms with Crippen LogP contribution < -0.4 is 0 Å². The van der Waals surface area contributed by atoms with E-state index in [1.165, 1.54) is 10.8 Å². The number of hydrogen-bond acceptors (Lipinski definition) is 5. The Hall–Kier alpha value is -5.29. The molecule has 178 valence electrons. The SMILES string of the molecule is c1ccc2cc(-c3nc(-c4ccc(-c5ccncc5)nc4)nc(-c4ccc5ccccc5c4)n3)ccc2c1. The zero-order valence-corrected chi connectivity index (χ0v) is 20.4. The summed E-state index contributed by atoms with van der Waals surface area (Å²) in [5, 5.41) is 4.64. The third-order valence-corrected chi connectivity index (χ3v) is 6.65. The van der Waals surface area contributed by atoms with E-state index in [2.05, 4.69) is 70.6 Å². The van der Waals surface area contributed by atoms with Gasteiger partial charge in [0.05, 0.1) is 5.69 Å². The highest BCUT2D eigenvalue weighted by Crippen LogP contribution is 2.29. The number of hydrogen-bond donors (Lipinski definition) is 0. The van der Waals surface area contributed by atoms with Gasteiger partial charge in [-0.3, -0.25) is 9.97 Å². The van der Waals surface area contributed by atoms with Gasteiger partial charge in [-0.1, -0.05) is 72.8 Å². The van der Waals surface area contributed by atoms with Gasteiger partial charge in [-0.2, -0.15) is 0 Å². The van der Waals surface area contributed by atoms with Gasteiger partial charge in [0.25, 0.3) is 0 Å². The Balaban J connectivity index is 1.38. The van der Waals surface area contributed by atoms with Crippen LogP contribution in [-0.2, 0) is 0 Å². The van der Waals surface area contributed by atoms with Crippen molar-refractivity contribution >= 4 is 21.5 Å². The Morgan fingerprint density at radius 2 is 0.895 bits per heavy atom. The molecule has 0 amide bonds. The fourth-order valence-electron chi connectivity index (χ4n) is 4.64. The van der Waals surface area contributed by atoms with Crippen LogP contribution in [0.1, 0.15) is 0 Å². The second-order valence-corrected chi connectivity index (χ2v) is 9.10. The van der Waals surface area contributed by atoms with Gasteiger partial charge in [0, 0.05) is 40.8 Å². The fourth-order valence-corrected chi connectivity index (χ4v) is 4.64. The van der Waals surface area contributed by atoms with E-state index < -0.39 is 0 Å². The topological polar surface area (TPSA) is 64.5 Å². The Morgan fingerprint density at radius 3 is 1.42 bits per heavy atom. The maximum atomic E-state index is 4.93. The van der Waals surface area contributed by atoms with Gasteiger partial charge in [0.2, 0.25) is 0 Å². The van der Waals surface area contributed by atoms with Crippen molar-refractivity contribution in [2.45, 2.75) is 0 Å². The van der Waals surface area contributed by atoms with E-state index in [0.717, 1.165) is 38.7 Å². The first-order valence-electron chi connectivity index (χ1n) is 12.4. The molecule has 0 fully saturated rings. The van der Waals surface area contributed by atoms with Gasteiger partial charge >= 0.3 is 0 Å². The lowest BCUT2D eigenvalue weighted by Gasteiger charge is -2.10. The van der Waals surface area contributed by atoms with E-state index in [9.17, 15) is 0 Å². The van der Waals surface area contributed by atoms with Crippen molar-refractivity contribution in [3.8, 4) is 45.4 Å². The lowest BCUT2D eigenvalue weighted by molar-refractivity contribution is 1.07. The molecule has 5 heteroatoms. The summed E-state index contributed by atoms with van der Waals surface area (Å²) >= 11 is 0. The largest absolute Gasteiger partial charge is 0.265 e. The Kier molecular flexibility index (Phi) is 5.37. The number of fused-ring (bicyclic) bond motifs is 2. The lowest BCUT2D eigenvalue weighted by Crippen LogP contribution is -2.00. The molecule has 7 rings (SSSR count). The van der Waals surface area contributed by atoms with Gasteiger partial charge in [0.1, 0.15) is 0 Å². The standard InChI is InChI=1S/C33H21N5/c1-3-7-25-19-27(11-9-22(25)5-1)31-36-32(28-12-10-23-6-2-4-8-26(23)20-28)38-33(37-31)29-13-14-30(35-21-29)24-15-17-34-18-16-24/h1-21H. The monoisotopic (exact) mass is 487 g/mol. The van der Waals surface area contributed by atoms with Crippen LogP contribution in [0.3, 0.4) is 0 Å². The fraction of sp³-hybridized carbons (Fsp3) is 0. The highest BCUT2D eigenvalue weighted by molar-refractivity contribution is 5.88. The highest BCUT2D eigenvalue weighted by Gasteiger charge is 2.14. The predicted octanol–water partition coefficient (Wildman–Crippen LogP) is 7.64. The van der Waals surface area contributed by atoms with Crippen LogP contribution in [0.5, 0.6) is 0 Å². The van der Waals surface area contributed by atoms with Crippen LogP contribution in [0.4, 0.5) is 0 Å². The van der Waals surface area contributed by atoms with E-state index in [-0.39, 0.29) is 0 Å². The average Bonchev–Trinajstić information content (AvgIpc) is 3.01. The van der Waals surface area contributed by atoms with Crippen molar-refractivity contribution in [3.05, 3.63) is 128 Å². The number of nitrogens with zero attached hydrogens (tertiary/aromatic N) is 5. The zero-order chi connectivity index (χ0) is 25.3. The molecule has 5 nitrogen and oxygen atoms in total. The highest BCUT2D eigenvalue weighted by atomic mass is 15.0. The predicted molar refractivity (Wildman–Crippen MR) is 152 cm³/mol. The van der Waals surface area contributed by atoms with Crippen molar-refractivity contribution in [1.29, 1.82) is 0 Å². The smallest absolute Gasteiger partial charge is 0.165 e. The molecular weight excluding hydrogens is 466 g/mol. The van der Waals surface area contributed by atoms with Gasteiger partial charge < -0.3 is 0 Å². The summed E-state index contributed by atoms with van der Waals surface area (Å²) in [4.78, 5) is 23.5. The van der Waals surface area contributed by atoms with E-state index >= 15 is 0 Å². The van der Waals surface area contributed by atoms with E-state index in [4.69, 9.17) is 15.0 Å². The second kappa shape index (κ2) is 9.30. The molecule has 38 heavy (non-hydrogen) atoms. The first-order chi connectivity index (χ1) is 18.8. The maximum Gasteiger partial charge on any atom is 0.165 e. The van der Waals surface area contributed by atoms with Crippen molar-refractivity contribution in [2.75, 3.05) is 0 Å². The summed E-state index contributed by atoms with van der Waals surface area (Å²) in [6.45, 7) is 0. The third kappa shape index (κ3) is 4.16. The van der Waals surface area contributed by atoms with Crippen LogP contribution >= 0.6 is 0 Å². The molecule has 0 atom stereocenters. The number of pyridine rings is 2. The third-order valence-electron chi connectivity index (χ3n) is 6.65. The van der Waals surface area contributed by atoms with Crippen LogP contribution in [0, 0.1) is 0 Å². The maximum absolute atomic E-state index is 4.93. The molecule has 3 heterocycles. The summed E-state index contributed by atoms with van der Waals surface area (Å²) < 4.78 is 0. The lowest BCUT2D eigenvalue weighted by atomic mass is 10.1. The quantitative estimate of drug-likeness (QED) is 0.255. The molecule has 0 aliphatic rings. The van der Waals surface area contributed by atoms with Crippen LogP contribution in [0.2, 0.25) is 0 Å². The summed E-state index contributed by atoms with van der Waals surface area (Å²) in [5.41, 5.74) is 4.59. The molecule has 0 N–H and O–H groups in total. The summed E-state index contributed by atoms with van der Waals surface area (Å²) in [7, 11) is 0. The molecule has 0 aliphatic heterocycles. The van der Waals surface area contributed by atoms with Crippen molar-refractivity contribution in [2.24, 2.45) is 0 Å². The van der Waals surface area contributed by atoms with E-state index in [0.29, 0.717) is 17.5 Å². The van der Waals surface area contributed by atoms with Gasteiger partial charge in [-0.05, 0) is 57.9 Å². The van der Waals surface area contributed by atoms with Crippen LogP contribution in [-0.4, -0.2) is 24.9 Å². The molecule has 0 bridgehead atoms. The van der Waals surface area contributed by atoms with Gasteiger partial charge in [-0.15, -0.1) is 0 Å². The molecule has 4 aromatic carbocycles. The second-order valence-electron chi connectivity index (χ2n) is 9.10. The minimum absolute atomic E-state index is 0.583. The molecule has 0 saturated carbocycles. The molecule has 0 saturated heterocycles. The summed E-state index contributed by atoms with van der Waals surface area (Å²) in [6, 6.07) is 37.1. The Bertz CT molecular complexity index is 1820. The first-order valence-corrected chi connectivity index (χ1v) is 12.4. The summed E-state index contributed by atoms with van der Waals surface area (Å²) in [6.07, 6.45) is 5.35. The first kappa shape index (κ1) is 21.9. The molecule has 0 unspecified atom stereocenters. The zero-order valence-electron chi connectivity index (χ0n) is 20.4. The minimum atomic E-state index is 0.583. The summed E-state index contributed by atoms with van der Waals surface area (Å²) in [5.74, 6) is 1.84. The van der Waals surface area contributed by atoms with E-state index in [1.54, 1.807) is 12.4 Å². The molecule has 0 spiro atoms. The van der Waals surface area contributed by atoms with Gasteiger partial charge in [0.15, 0.2) is 17.5 Å². The number of rotatable bonds is 4. The number of benzene rings is 4. The average molecular weight is 488 g/mol. The normalized spacial score (nSPS) is 11.2.